The molecule has 1 aromatic heterocycles. The third-order valence-electron chi connectivity index (χ3n) is 2.38. The zero-order valence-corrected chi connectivity index (χ0v) is 10.8. The molecule has 1 heterocycles. The van der Waals surface area contributed by atoms with Crippen molar-refractivity contribution in [1.82, 2.24) is 20.8 Å². The summed E-state index contributed by atoms with van der Waals surface area (Å²) in [6.45, 7) is 8.68. The largest absolute Gasteiger partial charge is 0.354 e. The van der Waals surface area contributed by atoms with Gasteiger partial charge in [0.15, 0.2) is 5.82 Å². The summed E-state index contributed by atoms with van der Waals surface area (Å²) in [5, 5.41) is 9.63. The number of carbonyl (C=O) groups excluding carboxylic acids is 1. The van der Waals surface area contributed by atoms with Gasteiger partial charge >= 0.3 is 0 Å². The first-order chi connectivity index (χ1) is 7.95. The number of amides is 1. The molecule has 2 N–H and O–H groups in total. The van der Waals surface area contributed by atoms with Gasteiger partial charge < -0.3 is 15.2 Å². The first-order valence-corrected chi connectivity index (χ1v) is 5.78. The Hall–Kier alpha value is -1.43. The number of hydrogen-bond donors (Lipinski definition) is 2. The van der Waals surface area contributed by atoms with Crippen molar-refractivity contribution in [3.05, 3.63) is 11.7 Å². The van der Waals surface area contributed by atoms with Crippen molar-refractivity contribution in [2.24, 2.45) is 0 Å². The maximum absolute atomic E-state index is 11.8. The molecule has 0 atom stereocenters. The van der Waals surface area contributed by atoms with Gasteiger partial charge in [-0.3, -0.25) is 4.79 Å². The van der Waals surface area contributed by atoms with Gasteiger partial charge in [-0.05, 0) is 27.3 Å². The van der Waals surface area contributed by atoms with Crippen LogP contribution in [-0.2, 0) is 11.2 Å². The molecule has 0 radical (unpaired) electrons. The van der Waals surface area contributed by atoms with Gasteiger partial charge in [-0.2, -0.15) is 4.98 Å². The predicted octanol–water partition coefficient (Wildman–Crippen LogP) is 0.425. The number of nitrogens with one attached hydrogen (secondary N) is 2. The second-order valence-electron chi connectivity index (χ2n) is 4.40. The Morgan fingerprint density at radius 2 is 2.18 bits per heavy atom. The van der Waals surface area contributed by atoms with E-state index in [-0.39, 0.29) is 5.91 Å². The summed E-state index contributed by atoms with van der Waals surface area (Å²) in [7, 11) is 0. The molecule has 96 valence electrons. The Morgan fingerprint density at radius 1 is 1.47 bits per heavy atom. The zero-order chi connectivity index (χ0) is 12.9. The highest BCUT2D eigenvalue weighted by Gasteiger charge is 2.25. The molecule has 0 spiro atoms. The Balaban J connectivity index is 2.33. The first kappa shape index (κ1) is 13.6. The maximum atomic E-state index is 11.8. The molecule has 17 heavy (non-hydrogen) atoms. The van der Waals surface area contributed by atoms with Crippen LogP contribution in [0.3, 0.4) is 0 Å². The molecule has 0 saturated carbocycles. The van der Waals surface area contributed by atoms with Crippen LogP contribution in [0.25, 0.3) is 0 Å². The van der Waals surface area contributed by atoms with Crippen LogP contribution in [0.15, 0.2) is 4.52 Å². The van der Waals surface area contributed by atoms with Crippen LogP contribution in [0.2, 0.25) is 0 Å². The van der Waals surface area contributed by atoms with E-state index in [1.54, 1.807) is 6.92 Å². The van der Waals surface area contributed by atoms with Crippen LogP contribution >= 0.6 is 0 Å². The number of rotatable bonds is 6. The molecule has 0 aliphatic rings. The van der Waals surface area contributed by atoms with Crippen molar-refractivity contribution in [3.8, 4) is 0 Å². The van der Waals surface area contributed by atoms with Gasteiger partial charge in [0.05, 0.1) is 5.54 Å². The summed E-state index contributed by atoms with van der Waals surface area (Å²) < 4.78 is 4.95. The normalized spacial score (nSPS) is 11.5. The molecule has 0 aliphatic carbocycles. The minimum Gasteiger partial charge on any atom is -0.354 e. The van der Waals surface area contributed by atoms with Crippen LogP contribution in [0.5, 0.6) is 0 Å². The van der Waals surface area contributed by atoms with Crippen molar-refractivity contribution in [2.75, 3.05) is 13.1 Å². The molecular weight excluding hydrogens is 220 g/mol. The number of nitrogens with zero attached hydrogens (tertiary/aromatic N) is 2. The Labute approximate surface area is 101 Å². The summed E-state index contributed by atoms with van der Waals surface area (Å²) in [5.41, 5.74) is -0.556. The van der Waals surface area contributed by atoms with E-state index in [9.17, 15) is 4.79 Å². The highest BCUT2D eigenvalue weighted by Crippen LogP contribution is 2.01. The highest BCUT2D eigenvalue weighted by molar-refractivity contribution is 5.85. The van der Waals surface area contributed by atoms with Gasteiger partial charge in [-0.25, -0.2) is 0 Å². The standard InChI is InChI=1S/C11H20N4O2/c1-5-13-11(3,4)10(16)12-7-6-9-14-8(2)15-17-9/h13H,5-7H2,1-4H3,(H,12,16). The van der Waals surface area contributed by atoms with E-state index in [1.807, 2.05) is 20.8 Å². The summed E-state index contributed by atoms with van der Waals surface area (Å²) in [6.07, 6.45) is 0.550. The molecule has 1 rings (SSSR count). The number of hydrogen-bond acceptors (Lipinski definition) is 5. The average molecular weight is 240 g/mol. The van der Waals surface area contributed by atoms with Gasteiger partial charge in [-0.15, -0.1) is 0 Å². The number of likely N-dealkylation sites (N-methyl/N-ethyl adjacent to an activating group) is 1. The number of aryl methyl sites for hydroxylation is 1. The average Bonchev–Trinajstić information content (AvgIpc) is 2.64. The Morgan fingerprint density at radius 3 is 2.71 bits per heavy atom. The van der Waals surface area contributed by atoms with E-state index in [0.717, 1.165) is 6.54 Å². The van der Waals surface area contributed by atoms with Gasteiger partial charge in [0.1, 0.15) is 0 Å². The van der Waals surface area contributed by atoms with Crippen LogP contribution < -0.4 is 10.6 Å². The van der Waals surface area contributed by atoms with Crippen LogP contribution in [-0.4, -0.2) is 34.7 Å². The lowest BCUT2D eigenvalue weighted by molar-refractivity contribution is -0.126. The lowest BCUT2D eigenvalue weighted by Gasteiger charge is -2.24. The lowest BCUT2D eigenvalue weighted by atomic mass is 10.0. The van der Waals surface area contributed by atoms with E-state index in [1.165, 1.54) is 0 Å². The first-order valence-electron chi connectivity index (χ1n) is 5.78. The SMILES string of the molecule is CCNC(C)(C)C(=O)NCCc1nc(C)no1. The van der Waals surface area contributed by atoms with E-state index in [4.69, 9.17) is 4.52 Å². The number of aromatic nitrogens is 2. The quantitative estimate of drug-likeness (QED) is 0.753. The van der Waals surface area contributed by atoms with Gasteiger partial charge in [0.25, 0.3) is 0 Å². The fourth-order valence-electron chi connectivity index (χ4n) is 1.47. The molecule has 0 fully saturated rings. The van der Waals surface area contributed by atoms with Gasteiger partial charge in [0.2, 0.25) is 11.8 Å². The molecule has 1 amide bonds. The van der Waals surface area contributed by atoms with Crippen LogP contribution in [0.1, 0.15) is 32.5 Å². The smallest absolute Gasteiger partial charge is 0.239 e. The molecule has 0 aliphatic heterocycles. The minimum atomic E-state index is -0.556. The van der Waals surface area contributed by atoms with Crippen LogP contribution in [0.4, 0.5) is 0 Å². The van der Waals surface area contributed by atoms with Crippen molar-refractivity contribution in [2.45, 2.75) is 39.7 Å². The van der Waals surface area contributed by atoms with Crippen LogP contribution in [0, 0.1) is 6.92 Å². The molecule has 0 aromatic carbocycles. The van der Waals surface area contributed by atoms with E-state index in [2.05, 4.69) is 20.8 Å². The highest BCUT2D eigenvalue weighted by atomic mass is 16.5. The Bertz CT molecular complexity index is 373. The Kier molecular flexibility index (Phi) is 4.62. The van der Waals surface area contributed by atoms with E-state index >= 15 is 0 Å². The minimum absolute atomic E-state index is 0.0319. The predicted molar refractivity (Wildman–Crippen MR) is 63.5 cm³/mol. The summed E-state index contributed by atoms with van der Waals surface area (Å²) in [5.74, 6) is 1.12. The second kappa shape index (κ2) is 5.77. The molecule has 6 heteroatoms. The molecule has 1 aromatic rings. The molecule has 0 saturated heterocycles. The second-order valence-corrected chi connectivity index (χ2v) is 4.40. The topological polar surface area (TPSA) is 80.0 Å². The summed E-state index contributed by atoms with van der Waals surface area (Å²) in [6, 6.07) is 0. The monoisotopic (exact) mass is 240 g/mol. The third kappa shape index (κ3) is 4.14. The fourth-order valence-corrected chi connectivity index (χ4v) is 1.47. The molecule has 0 unspecified atom stereocenters. The van der Waals surface area contributed by atoms with Crippen molar-refractivity contribution >= 4 is 5.91 Å². The molecule has 0 bridgehead atoms. The number of carbonyl (C=O) groups is 1. The van der Waals surface area contributed by atoms with Crippen molar-refractivity contribution < 1.29 is 9.32 Å². The maximum Gasteiger partial charge on any atom is 0.239 e. The fraction of sp³-hybridized carbons (Fsp3) is 0.727. The molecule has 6 nitrogen and oxygen atoms in total. The van der Waals surface area contributed by atoms with E-state index in [0.29, 0.717) is 24.7 Å². The molecular formula is C11H20N4O2. The lowest BCUT2D eigenvalue weighted by Crippen LogP contribution is -2.52. The summed E-state index contributed by atoms with van der Waals surface area (Å²) in [4.78, 5) is 15.9. The third-order valence-corrected chi connectivity index (χ3v) is 2.38. The zero-order valence-electron chi connectivity index (χ0n) is 10.8. The summed E-state index contributed by atoms with van der Waals surface area (Å²) >= 11 is 0. The van der Waals surface area contributed by atoms with Gasteiger partial charge in [-0.1, -0.05) is 12.1 Å². The van der Waals surface area contributed by atoms with Crippen molar-refractivity contribution in [3.63, 3.8) is 0 Å². The van der Waals surface area contributed by atoms with Gasteiger partial charge in [0, 0.05) is 13.0 Å². The van der Waals surface area contributed by atoms with E-state index < -0.39 is 5.54 Å². The van der Waals surface area contributed by atoms with Crippen molar-refractivity contribution in [1.29, 1.82) is 0 Å².